The first kappa shape index (κ1) is 15.5. The Balaban J connectivity index is 2.04. The lowest BCUT2D eigenvalue weighted by Crippen LogP contribution is -2.29. The SMILES string of the molecule is CCNc1cccnc1S(=O)(=O)NCCn1cc(C)cn1. The zero-order valence-corrected chi connectivity index (χ0v) is 12.9. The monoisotopic (exact) mass is 309 g/mol. The molecule has 7 nitrogen and oxygen atoms in total. The Hall–Kier alpha value is -1.93. The highest BCUT2D eigenvalue weighted by Gasteiger charge is 2.19. The number of nitrogens with zero attached hydrogens (tertiary/aromatic N) is 3. The van der Waals surface area contributed by atoms with E-state index in [1.165, 1.54) is 6.20 Å². The molecule has 0 atom stereocenters. The number of anilines is 1. The van der Waals surface area contributed by atoms with E-state index in [0.717, 1.165) is 5.56 Å². The van der Waals surface area contributed by atoms with Crippen LogP contribution in [-0.2, 0) is 16.6 Å². The molecule has 0 aliphatic rings. The third-order valence-corrected chi connectivity index (χ3v) is 4.21. The second kappa shape index (κ2) is 6.68. The van der Waals surface area contributed by atoms with E-state index < -0.39 is 10.0 Å². The van der Waals surface area contributed by atoms with Crippen LogP contribution in [-0.4, -0.2) is 36.3 Å². The van der Waals surface area contributed by atoms with E-state index in [9.17, 15) is 8.42 Å². The molecule has 0 aliphatic heterocycles. The molecule has 8 heteroatoms. The quantitative estimate of drug-likeness (QED) is 0.796. The Kier molecular flexibility index (Phi) is 4.92. The average molecular weight is 309 g/mol. The summed E-state index contributed by atoms with van der Waals surface area (Å²) in [6.07, 6.45) is 5.06. The van der Waals surface area contributed by atoms with Gasteiger partial charge in [-0.2, -0.15) is 5.10 Å². The van der Waals surface area contributed by atoms with Gasteiger partial charge in [0.1, 0.15) is 0 Å². The van der Waals surface area contributed by atoms with E-state index in [1.54, 1.807) is 23.0 Å². The van der Waals surface area contributed by atoms with Crippen LogP contribution in [0.1, 0.15) is 12.5 Å². The van der Waals surface area contributed by atoms with Crippen LogP contribution in [0.4, 0.5) is 5.69 Å². The Labute approximate surface area is 124 Å². The van der Waals surface area contributed by atoms with E-state index in [-0.39, 0.29) is 11.6 Å². The van der Waals surface area contributed by atoms with Gasteiger partial charge >= 0.3 is 0 Å². The number of rotatable bonds is 7. The zero-order chi connectivity index (χ0) is 15.3. The highest BCUT2D eigenvalue weighted by molar-refractivity contribution is 7.89. The third kappa shape index (κ3) is 4.02. The first-order chi connectivity index (χ1) is 10.0. The van der Waals surface area contributed by atoms with E-state index >= 15 is 0 Å². The lowest BCUT2D eigenvalue weighted by molar-refractivity contribution is 0.558. The van der Waals surface area contributed by atoms with Gasteiger partial charge in [0.05, 0.1) is 18.4 Å². The highest BCUT2D eigenvalue weighted by Crippen LogP contribution is 2.17. The van der Waals surface area contributed by atoms with Gasteiger partial charge in [0.15, 0.2) is 5.03 Å². The molecule has 21 heavy (non-hydrogen) atoms. The van der Waals surface area contributed by atoms with Crippen molar-refractivity contribution in [1.82, 2.24) is 19.5 Å². The first-order valence-electron chi connectivity index (χ1n) is 6.70. The third-order valence-electron chi connectivity index (χ3n) is 2.79. The van der Waals surface area contributed by atoms with Crippen LogP contribution in [0.5, 0.6) is 0 Å². The van der Waals surface area contributed by atoms with Gasteiger partial charge in [-0.3, -0.25) is 4.68 Å². The van der Waals surface area contributed by atoms with Gasteiger partial charge in [-0.25, -0.2) is 18.1 Å². The van der Waals surface area contributed by atoms with Crippen LogP contribution < -0.4 is 10.0 Å². The number of pyridine rings is 1. The van der Waals surface area contributed by atoms with Gasteiger partial charge in [0.25, 0.3) is 10.0 Å². The molecule has 0 aromatic carbocycles. The van der Waals surface area contributed by atoms with Crippen molar-refractivity contribution < 1.29 is 8.42 Å². The molecule has 2 aromatic rings. The Morgan fingerprint density at radius 2 is 2.19 bits per heavy atom. The number of aromatic nitrogens is 3. The minimum Gasteiger partial charge on any atom is -0.383 e. The Morgan fingerprint density at radius 1 is 1.38 bits per heavy atom. The van der Waals surface area contributed by atoms with Crippen LogP contribution in [0.2, 0.25) is 0 Å². The van der Waals surface area contributed by atoms with Crippen molar-refractivity contribution in [2.24, 2.45) is 0 Å². The fourth-order valence-corrected chi connectivity index (χ4v) is 3.01. The zero-order valence-electron chi connectivity index (χ0n) is 12.1. The number of sulfonamides is 1. The van der Waals surface area contributed by atoms with Crippen molar-refractivity contribution in [2.45, 2.75) is 25.4 Å². The van der Waals surface area contributed by atoms with Crippen molar-refractivity contribution in [3.05, 3.63) is 36.3 Å². The molecule has 0 unspecified atom stereocenters. The van der Waals surface area contributed by atoms with Crippen LogP contribution in [0.15, 0.2) is 35.7 Å². The van der Waals surface area contributed by atoms with Crippen LogP contribution in [0.3, 0.4) is 0 Å². The molecule has 0 bridgehead atoms. The van der Waals surface area contributed by atoms with Gasteiger partial charge in [-0.05, 0) is 31.5 Å². The van der Waals surface area contributed by atoms with Crippen molar-refractivity contribution in [3.63, 3.8) is 0 Å². The summed E-state index contributed by atoms with van der Waals surface area (Å²) in [6, 6.07) is 3.39. The summed E-state index contributed by atoms with van der Waals surface area (Å²) >= 11 is 0. The maximum atomic E-state index is 12.3. The summed E-state index contributed by atoms with van der Waals surface area (Å²) in [5, 5.41) is 7.12. The second-order valence-corrected chi connectivity index (χ2v) is 6.25. The van der Waals surface area contributed by atoms with Crippen molar-refractivity contribution >= 4 is 15.7 Å². The van der Waals surface area contributed by atoms with E-state index in [2.05, 4.69) is 20.1 Å². The van der Waals surface area contributed by atoms with Gasteiger partial charge in [0, 0.05) is 25.5 Å². The van der Waals surface area contributed by atoms with Gasteiger partial charge in [0.2, 0.25) is 0 Å². The predicted molar refractivity (Wildman–Crippen MR) is 80.6 cm³/mol. The predicted octanol–water partition coefficient (Wildman–Crippen LogP) is 0.997. The lowest BCUT2D eigenvalue weighted by atomic mass is 10.4. The van der Waals surface area contributed by atoms with E-state index in [4.69, 9.17) is 0 Å². The average Bonchev–Trinajstić information content (AvgIpc) is 2.85. The minimum atomic E-state index is -3.64. The molecular formula is C13H19N5O2S. The van der Waals surface area contributed by atoms with E-state index in [1.807, 2.05) is 20.0 Å². The fourth-order valence-electron chi connectivity index (χ4n) is 1.88. The summed E-state index contributed by atoms with van der Waals surface area (Å²) < 4.78 is 28.8. The maximum absolute atomic E-state index is 12.3. The fraction of sp³-hybridized carbons (Fsp3) is 0.385. The molecule has 0 saturated heterocycles. The normalized spacial score (nSPS) is 11.5. The number of nitrogens with one attached hydrogen (secondary N) is 2. The molecule has 0 spiro atoms. The largest absolute Gasteiger partial charge is 0.383 e. The maximum Gasteiger partial charge on any atom is 0.260 e. The molecule has 0 radical (unpaired) electrons. The van der Waals surface area contributed by atoms with Crippen LogP contribution in [0.25, 0.3) is 0 Å². The summed E-state index contributed by atoms with van der Waals surface area (Å²) in [7, 11) is -3.64. The Bertz CT molecular complexity index is 696. The first-order valence-corrected chi connectivity index (χ1v) is 8.19. The molecule has 114 valence electrons. The molecule has 2 N–H and O–H groups in total. The lowest BCUT2D eigenvalue weighted by Gasteiger charge is -2.11. The molecule has 2 rings (SSSR count). The molecule has 0 fully saturated rings. The Morgan fingerprint density at radius 3 is 2.86 bits per heavy atom. The number of hydrogen-bond acceptors (Lipinski definition) is 5. The van der Waals surface area contributed by atoms with Crippen molar-refractivity contribution in [1.29, 1.82) is 0 Å². The molecule has 2 heterocycles. The smallest absolute Gasteiger partial charge is 0.260 e. The van der Waals surface area contributed by atoms with Crippen LogP contribution >= 0.6 is 0 Å². The van der Waals surface area contributed by atoms with Gasteiger partial charge in [-0.15, -0.1) is 0 Å². The molecule has 0 amide bonds. The second-order valence-electron chi connectivity index (χ2n) is 4.56. The van der Waals surface area contributed by atoms with Gasteiger partial charge in [-0.1, -0.05) is 0 Å². The standard InChI is InChI=1S/C13H19N5O2S/c1-3-14-12-5-4-6-15-13(12)21(19,20)17-7-8-18-10-11(2)9-16-18/h4-6,9-10,14,17H,3,7-8H2,1-2H3. The highest BCUT2D eigenvalue weighted by atomic mass is 32.2. The summed E-state index contributed by atoms with van der Waals surface area (Å²) in [5.41, 5.74) is 1.54. The number of aryl methyl sites for hydroxylation is 1. The molecule has 2 aromatic heterocycles. The molecule has 0 saturated carbocycles. The van der Waals surface area contributed by atoms with E-state index in [0.29, 0.717) is 18.8 Å². The van der Waals surface area contributed by atoms with Crippen LogP contribution in [0, 0.1) is 6.92 Å². The van der Waals surface area contributed by atoms with Gasteiger partial charge < -0.3 is 5.32 Å². The van der Waals surface area contributed by atoms with Crippen molar-refractivity contribution in [2.75, 3.05) is 18.4 Å². The molecule has 0 aliphatic carbocycles. The summed E-state index contributed by atoms with van der Waals surface area (Å²) in [6.45, 7) is 5.18. The number of hydrogen-bond donors (Lipinski definition) is 2. The van der Waals surface area contributed by atoms with Crippen molar-refractivity contribution in [3.8, 4) is 0 Å². The minimum absolute atomic E-state index is 0.0171. The molecular weight excluding hydrogens is 290 g/mol. The summed E-state index contributed by atoms with van der Waals surface area (Å²) in [5.74, 6) is 0. The topological polar surface area (TPSA) is 88.9 Å². The summed E-state index contributed by atoms with van der Waals surface area (Å²) in [4.78, 5) is 3.96.